The summed E-state index contributed by atoms with van der Waals surface area (Å²) >= 11 is 0. The van der Waals surface area contributed by atoms with Gasteiger partial charge in [-0.25, -0.2) is 0 Å². The van der Waals surface area contributed by atoms with E-state index in [-0.39, 0.29) is 23.3 Å². The maximum atomic E-state index is 11.1. The molecule has 0 heterocycles. The molecular formula is C14H20N2O3. The van der Waals surface area contributed by atoms with Gasteiger partial charge in [0.05, 0.1) is 4.92 Å². The van der Waals surface area contributed by atoms with Crippen LogP contribution in [-0.4, -0.2) is 22.7 Å². The third-order valence-corrected chi connectivity index (χ3v) is 3.85. The number of anilines is 1. The number of nitro benzene ring substituents is 1. The minimum Gasteiger partial charge on any atom is -0.396 e. The summed E-state index contributed by atoms with van der Waals surface area (Å²) in [6.45, 7) is 2.03. The lowest BCUT2D eigenvalue weighted by atomic mass is 9.99. The Kier molecular flexibility index (Phi) is 4.37. The van der Waals surface area contributed by atoms with Crippen molar-refractivity contribution in [3.8, 4) is 0 Å². The molecule has 1 fully saturated rings. The van der Waals surface area contributed by atoms with Crippen LogP contribution in [0, 0.1) is 23.0 Å². The molecule has 0 bridgehead atoms. The fraction of sp³-hybridized carbons (Fsp3) is 0.571. The Morgan fingerprint density at radius 2 is 2.26 bits per heavy atom. The highest BCUT2D eigenvalue weighted by molar-refractivity contribution is 5.63. The van der Waals surface area contributed by atoms with Gasteiger partial charge in [-0.05, 0) is 43.7 Å². The van der Waals surface area contributed by atoms with Crippen molar-refractivity contribution in [2.45, 2.75) is 38.6 Å². The Balaban J connectivity index is 2.16. The minimum atomic E-state index is -0.342. The quantitative estimate of drug-likeness (QED) is 0.633. The van der Waals surface area contributed by atoms with Gasteiger partial charge in [-0.3, -0.25) is 10.1 Å². The minimum absolute atomic E-state index is 0.134. The average Bonchev–Trinajstić information content (AvgIpc) is 2.79. The molecular weight excluding hydrogens is 244 g/mol. The van der Waals surface area contributed by atoms with Crippen LogP contribution in [0.3, 0.4) is 0 Å². The first-order valence-electron chi connectivity index (χ1n) is 6.74. The fourth-order valence-corrected chi connectivity index (χ4v) is 2.85. The predicted molar refractivity (Wildman–Crippen MR) is 74.3 cm³/mol. The third-order valence-electron chi connectivity index (χ3n) is 3.85. The highest BCUT2D eigenvalue weighted by atomic mass is 16.6. The first-order valence-corrected chi connectivity index (χ1v) is 6.74. The van der Waals surface area contributed by atoms with Crippen LogP contribution in [0.2, 0.25) is 0 Å². The Labute approximate surface area is 112 Å². The van der Waals surface area contributed by atoms with E-state index in [1.54, 1.807) is 12.1 Å². The molecule has 1 aromatic carbocycles. The van der Waals surface area contributed by atoms with Gasteiger partial charge in [0.1, 0.15) is 5.69 Å². The van der Waals surface area contributed by atoms with E-state index in [9.17, 15) is 10.1 Å². The van der Waals surface area contributed by atoms with Crippen LogP contribution in [0.5, 0.6) is 0 Å². The number of nitrogens with one attached hydrogen (secondary N) is 1. The number of aliphatic hydroxyl groups is 1. The zero-order valence-electron chi connectivity index (χ0n) is 11.1. The van der Waals surface area contributed by atoms with Crippen molar-refractivity contribution in [1.29, 1.82) is 0 Å². The molecule has 1 saturated carbocycles. The van der Waals surface area contributed by atoms with Crippen LogP contribution in [0.1, 0.15) is 31.2 Å². The Bertz CT molecular complexity index is 462. The summed E-state index contributed by atoms with van der Waals surface area (Å²) in [7, 11) is 0. The molecule has 19 heavy (non-hydrogen) atoms. The molecule has 1 aromatic rings. The molecule has 0 aromatic heterocycles. The summed E-state index contributed by atoms with van der Waals surface area (Å²) < 4.78 is 0. The third kappa shape index (κ3) is 3.23. The van der Waals surface area contributed by atoms with Gasteiger partial charge >= 0.3 is 0 Å². The largest absolute Gasteiger partial charge is 0.396 e. The fourth-order valence-electron chi connectivity index (χ4n) is 2.85. The zero-order valence-corrected chi connectivity index (χ0v) is 11.1. The van der Waals surface area contributed by atoms with E-state index in [2.05, 4.69) is 5.32 Å². The topological polar surface area (TPSA) is 75.4 Å². The van der Waals surface area contributed by atoms with Gasteiger partial charge in [0.15, 0.2) is 0 Å². The van der Waals surface area contributed by atoms with Crippen molar-refractivity contribution < 1.29 is 10.0 Å². The first-order chi connectivity index (χ1) is 9.11. The highest BCUT2D eigenvalue weighted by Crippen LogP contribution is 2.33. The number of benzene rings is 1. The van der Waals surface area contributed by atoms with E-state index in [4.69, 9.17) is 5.11 Å². The summed E-state index contributed by atoms with van der Waals surface area (Å²) in [5.74, 6) is 0.408. The molecule has 1 aliphatic carbocycles. The van der Waals surface area contributed by atoms with Crippen molar-refractivity contribution in [2.24, 2.45) is 5.92 Å². The van der Waals surface area contributed by atoms with Crippen LogP contribution in [0.4, 0.5) is 11.4 Å². The van der Waals surface area contributed by atoms with E-state index in [1.807, 2.05) is 13.0 Å². The molecule has 2 rings (SSSR count). The number of hydrogen-bond acceptors (Lipinski definition) is 4. The lowest BCUT2D eigenvalue weighted by molar-refractivity contribution is -0.384. The van der Waals surface area contributed by atoms with E-state index in [0.717, 1.165) is 31.2 Å². The molecule has 104 valence electrons. The van der Waals surface area contributed by atoms with Gasteiger partial charge in [-0.1, -0.05) is 12.5 Å². The van der Waals surface area contributed by atoms with Crippen LogP contribution in [0.15, 0.2) is 18.2 Å². The molecule has 0 spiro atoms. The summed E-state index contributed by atoms with van der Waals surface area (Å²) in [5.41, 5.74) is 1.61. The average molecular weight is 264 g/mol. The predicted octanol–water partition coefficient (Wildman–Crippen LogP) is 2.87. The Morgan fingerprint density at radius 3 is 2.95 bits per heavy atom. The zero-order chi connectivity index (χ0) is 13.8. The van der Waals surface area contributed by atoms with E-state index in [0.29, 0.717) is 11.6 Å². The lowest BCUT2D eigenvalue weighted by Crippen LogP contribution is -2.25. The Hall–Kier alpha value is -1.62. The second-order valence-electron chi connectivity index (χ2n) is 5.23. The van der Waals surface area contributed by atoms with Crippen molar-refractivity contribution in [1.82, 2.24) is 0 Å². The number of nitrogens with zero attached hydrogens (tertiary/aromatic N) is 1. The summed E-state index contributed by atoms with van der Waals surface area (Å²) in [6.07, 6.45) is 3.97. The van der Waals surface area contributed by atoms with Crippen molar-refractivity contribution >= 4 is 11.4 Å². The van der Waals surface area contributed by atoms with Crippen molar-refractivity contribution in [2.75, 3.05) is 11.9 Å². The molecule has 2 N–H and O–H groups in total. The molecule has 0 radical (unpaired) electrons. The number of hydrogen-bond donors (Lipinski definition) is 2. The molecule has 5 heteroatoms. The smallest absolute Gasteiger partial charge is 0.292 e. The van der Waals surface area contributed by atoms with Crippen molar-refractivity contribution in [3.63, 3.8) is 0 Å². The summed E-state index contributed by atoms with van der Waals surface area (Å²) in [5, 5.41) is 23.4. The van der Waals surface area contributed by atoms with Gasteiger partial charge in [0, 0.05) is 18.7 Å². The lowest BCUT2D eigenvalue weighted by Gasteiger charge is -2.21. The molecule has 2 atom stereocenters. The van der Waals surface area contributed by atoms with E-state index in [1.165, 1.54) is 0 Å². The SMILES string of the molecule is Cc1ccc(NC2CCCC2CCO)c([N+](=O)[O-])c1. The van der Waals surface area contributed by atoms with Crippen molar-refractivity contribution in [3.05, 3.63) is 33.9 Å². The number of aryl methyl sites for hydroxylation is 1. The standard InChI is InChI=1S/C14H20N2O3/c1-10-5-6-13(14(9-10)16(18)19)15-12-4-2-3-11(12)7-8-17/h5-6,9,11-12,15,17H,2-4,7-8H2,1H3. The Morgan fingerprint density at radius 1 is 1.47 bits per heavy atom. The number of rotatable bonds is 5. The van der Waals surface area contributed by atoms with Gasteiger partial charge in [-0.15, -0.1) is 0 Å². The first kappa shape index (κ1) is 13.8. The normalized spacial score (nSPS) is 22.4. The van der Waals surface area contributed by atoms with Gasteiger partial charge in [0.25, 0.3) is 5.69 Å². The van der Waals surface area contributed by atoms with Gasteiger partial charge < -0.3 is 10.4 Å². The van der Waals surface area contributed by atoms with E-state index < -0.39 is 0 Å². The highest BCUT2D eigenvalue weighted by Gasteiger charge is 2.28. The van der Waals surface area contributed by atoms with Crippen LogP contribution in [0.25, 0.3) is 0 Å². The molecule has 1 aliphatic rings. The summed E-state index contributed by atoms with van der Waals surface area (Å²) in [4.78, 5) is 10.7. The van der Waals surface area contributed by atoms with Crippen LogP contribution < -0.4 is 5.32 Å². The molecule has 0 saturated heterocycles. The van der Waals surface area contributed by atoms with Gasteiger partial charge in [0.2, 0.25) is 0 Å². The van der Waals surface area contributed by atoms with Crippen LogP contribution >= 0.6 is 0 Å². The number of nitro groups is 1. The molecule has 5 nitrogen and oxygen atoms in total. The van der Waals surface area contributed by atoms with Gasteiger partial charge in [-0.2, -0.15) is 0 Å². The molecule has 0 amide bonds. The molecule has 2 unspecified atom stereocenters. The van der Waals surface area contributed by atoms with E-state index >= 15 is 0 Å². The maximum absolute atomic E-state index is 11.1. The number of aliphatic hydroxyl groups excluding tert-OH is 1. The second-order valence-corrected chi connectivity index (χ2v) is 5.23. The second kappa shape index (κ2) is 6.02. The maximum Gasteiger partial charge on any atom is 0.292 e. The summed E-state index contributed by atoms with van der Waals surface area (Å²) in [6, 6.07) is 5.49. The monoisotopic (exact) mass is 264 g/mol. The molecule has 0 aliphatic heterocycles. The van der Waals surface area contributed by atoms with Crippen LogP contribution in [-0.2, 0) is 0 Å².